The van der Waals surface area contributed by atoms with E-state index in [0.717, 1.165) is 9.88 Å². The molecule has 1 amide bonds. The zero-order chi connectivity index (χ0) is 13.1. The standard InChI is InChI=1S/C12H11FN2OS2/c1-7-14-5-9(18-7)6-15-12(16)8-2-3-10(13)11(17)4-8/h2-5,17H,6H2,1H3,(H,15,16). The molecule has 0 atom stereocenters. The van der Waals surface area contributed by atoms with Gasteiger partial charge in [-0.1, -0.05) is 0 Å². The van der Waals surface area contributed by atoms with Crippen LogP contribution in [0.3, 0.4) is 0 Å². The Morgan fingerprint density at radius 3 is 2.94 bits per heavy atom. The molecule has 1 aromatic heterocycles. The molecule has 0 aliphatic heterocycles. The maximum atomic E-state index is 13.0. The number of carbonyl (C=O) groups is 1. The van der Waals surface area contributed by atoms with Crippen molar-refractivity contribution in [2.24, 2.45) is 0 Å². The highest BCUT2D eigenvalue weighted by atomic mass is 32.1. The van der Waals surface area contributed by atoms with Gasteiger partial charge in [0.15, 0.2) is 0 Å². The number of carbonyl (C=O) groups excluding carboxylic acids is 1. The van der Waals surface area contributed by atoms with Crippen LogP contribution in [0.5, 0.6) is 0 Å². The molecule has 0 bridgehead atoms. The largest absolute Gasteiger partial charge is 0.347 e. The fourth-order valence-corrected chi connectivity index (χ4v) is 2.36. The fourth-order valence-electron chi connectivity index (χ4n) is 1.41. The van der Waals surface area contributed by atoms with Gasteiger partial charge in [-0.3, -0.25) is 4.79 Å². The first-order chi connectivity index (χ1) is 8.56. The van der Waals surface area contributed by atoms with E-state index in [4.69, 9.17) is 0 Å². The van der Waals surface area contributed by atoms with Crippen LogP contribution in [0.1, 0.15) is 20.2 Å². The predicted molar refractivity (Wildman–Crippen MR) is 71.7 cm³/mol. The molecule has 0 spiro atoms. The summed E-state index contributed by atoms with van der Waals surface area (Å²) in [6, 6.07) is 4.07. The smallest absolute Gasteiger partial charge is 0.251 e. The summed E-state index contributed by atoms with van der Waals surface area (Å²) in [4.78, 5) is 17.0. The average molecular weight is 282 g/mol. The summed E-state index contributed by atoms with van der Waals surface area (Å²) in [6.45, 7) is 2.33. The lowest BCUT2D eigenvalue weighted by Gasteiger charge is -2.04. The minimum absolute atomic E-state index is 0.163. The predicted octanol–water partition coefficient (Wildman–Crippen LogP) is 2.81. The van der Waals surface area contributed by atoms with Gasteiger partial charge in [-0.15, -0.1) is 24.0 Å². The highest BCUT2D eigenvalue weighted by molar-refractivity contribution is 7.80. The lowest BCUT2D eigenvalue weighted by molar-refractivity contribution is 0.0951. The first kappa shape index (κ1) is 13.0. The van der Waals surface area contributed by atoms with Gasteiger partial charge in [-0.2, -0.15) is 0 Å². The van der Waals surface area contributed by atoms with Gasteiger partial charge in [0.1, 0.15) is 5.82 Å². The number of nitrogens with one attached hydrogen (secondary N) is 1. The van der Waals surface area contributed by atoms with E-state index in [1.165, 1.54) is 29.5 Å². The molecule has 0 saturated carbocycles. The zero-order valence-electron chi connectivity index (χ0n) is 9.61. The lowest BCUT2D eigenvalue weighted by atomic mass is 10.2. The van der Waals surface area contributed by atoms with E-state index in [1.54, 1.807) is 6.20 Å². The highest BCUT2D eigenvalue weighted by Crippen LogP contribution is 2.15. The van der Waals surface area contributed by atoms with E-state index in [1.807, 2.05) is 6.92 Å². The molecule has 2 aromatic rings. The second-order valence-electron chi connectivity index (χ2n) is 3.69. The van der Waals surface area contributed by atoms with Crippen molar-refractivity contribution >= 4 is 29.9 Å². The summed E-state index contributed by atoms with van der Waals surface area (Å²) in [5, 5.41) is 3.71. The summed E-state index contributed by atoms with van der Waals surface area (Å²) in [7, 11) is 0. The van der Waals surface area contributed by atoms with Gasteiger partial charge < -0.3 is 5.32 Å². The number of aryl methyl sites for hydroxylation is 1. The van der Waals surface area contributed by atoms with Crippen molar-refractivity contribution in [1.82, 2.24) is 10.3 Å². The summed E-state index contributed by atoms with van der Waals surface area (Å²) in [6.07, 6.45) is 1.73. The molecule has 0 aliphatic rings. The van der Waals surface area contributed by atoms with Crippen molar-refractivity contribution < 1.29 is 9.18 Å². The molecular weight excluding hydrogens is 271 g/mol. The quantitative estimate of drug-likeness (QED) is 0.850. The van der Waals surface area contributed by atoms with Crippen LogP contribution in [-0.4, -0.2) is 10.9 Å². The van der Waals surface area contributed by atoms with E-state index in [2.05, 4.69) is 22.9 Å². The summed E-state index contributed by atoms with van der Waals surface area (Å²) in [5.74, 6) is -0.690. The number of hydrogen-bond donors (Lipinski definition) is 2. The van der Waals surface area contributed by atoms with Gasteiger partial charge in [0.2, 0.25) is 0 Å². The molecule has 0 saturated heterocycles. The van der Waals surface area contributed by atoms with Crippen molar-refractivity contribution in [3.8, 4) is 0 Å². The van der Waals surface area contributed by atoms with Crippen LogP contribution in [0.4, 0.5) is 4.39 Å². The van der Waals surface area contributed by atoms with Gasteiger partial charge in [-0.25, -0.2) is 9.37 Å². The Balaban J connectivity index is 2.01. The molecular formula is C12H11FN2OS2. The number of halogens is 1. The van der Waals surface area contributed by atoms with Crippen LogP contribution < -0.4 is 5.32 Å². The van der Waals surface area contributed by atoms with E-state index in [-0.39, 0.29) is 10.8 Å². The number of rotatable bonds is 3. The maximum Gasteiger partial charge on any atom is 0.251 e. The Morgan fingerprint density at radius 1 is 1.56 bits per heavy atom. The third-order valence-corrected chi connectivity index (χ3v) is 3.56. The van der Waals surface area contributed by atoms with Crippen molar-refractivity contribution in [1.29, 1.82) is 0 Å². The molecule has 0 fully saturated rings. The number of nitrogens with zero attached hydrogens (tertiary/aromatic N) is 1. The SMILES string of the molecule is Cc1ncc(CNC(=O)c2ccc(F)c(S)c2)s1. The van der Waals surface area contributed by atoms with E-state index in [9.17, 15) is 9.18 Å². The van der Waals surface area contributed by atoms with Crippen LogP contribution in [-0.2, 0) is 6.54 Å². The van der Waals surface area contributed by atoms with Crippen molar-refractivity contribution in [2.45, 2.75) is 18.4 Å². The molecule has 94 valence electrons. The molecule has 1 heterocycles. The third kappa shape index (κ3) is 3.08. The minimum Gasteiger partial charge on any atom is -0.347 e. The number of hydrogen-bond acceptors (Lipinski definition) is 4. The fraction of sp³-hybridized carbons (Fsp3) is 0.167. The molecule has 1 aromatic carbocycles. The number of aromatic nitrogens is 1. The van der Waals surface area contributed by atoms with E-state index < -0.39 is 5.82 Å². The van der Waals surface area contributed by atoms with E-state index >= 15 is 0 Å². The minimum atomic E-state index is -0.437. The Labute approximate surface area is 113 Å². The summed E-state index contributed by atoms with van der Waals surface area (Å²) >= 11 is 5.47. The maximum absolute atomic E-state index is 13.0. The summed E-state index contributed by atoms with van der Waals surface area (Å²) in [5.41, 5.74) is 0.391. The van der Waals surface area contributed by atoms with Gasteiger partial charge in [0.05, 0.1) is 11.6 Å². The molecule has 6 heteroatoms. The molecule has 0 aliphatic carbocycles. The molecule has 2 rings (SSSR count). The third-order valence-electron chi connectivity index (χ3n) is 2.30. The number of amides is 1. The monoisotopic (exact) mass is 282 g/mol. The molecule has 18 heavy (non-hydrogen) atoms. The molecule has 1 N–H and O–H groups in total. The Hall–Kier alpha value is -1.40. The van der Waals surface area contributed by atoms with Gasteiger partial charge >= 0.3 is 0 Å². The van der Waals surface area contributed by atoms with Crippen molar-refractivity contribution in [3.05, 3.63) is 45.7 Å². The molecule has 3 nitrogen and oxygen atoms in total. The number of thiazole rings is 1. The topological polar surface area (TPSA) is 42.0 Å². The normalized spacial score (nSPS) is 10.4. The van der Waals surface area contributed by atoms with Crippen LogP contribution in [0.15, 0.2) is 29.3 Å². The van der Waals surface area contributed by atoms with Crippen molar-refractivity contribution in [2.75, 3.05) is 0 Å². The lowest BCUT2D eigenvalue weighted by Crippen LogP contribution is -2.22. The molecule has 0 unspecified atom stereocenters. The Bertz CT molecular complexity index is 583. The van der Waals surface area contributed by atoms with Crippen LogP contribution in [0, 0.1) is 12.7 Å². The molecule has 0 radical (unpaired) electrons. The van der Waals surface area contributed by atoms with Crippen LogP contribution in [0.25, 0.3) is 0 Å². The first-order valence-corrected chi connectivity index (χ1v) is 6.50. The van der Waals surface area contributed by atoms with Crippen molar-refractivity contribution in [3.63, 3.8) is 0 Å². The Kier molecular flexibility index (Phi) is 3.98. The first-order valence-electron chi connectivity index (χ1n) is 5.24. The average Bonchev–Trinajstić information content (AvgIpc) is 2.75. The number of thiol groups is 1. The summed E-state index contributed by atoms with van der Waals surface area (Å²) < 4.78 is 13.0. The van der Waals surface area contributed by atoms with Gasteiger partial charge in [0, 0.05) is 21.5 Å². The Morgan fingerprint density at radius 2 is 2.33 bits per heavy atom. The number of benzene rings is 1. The second-order valence-corrected chi connectivity index (χ2v) is 5.50. The second kappa shape index (κ2) is 5.49. The van der Waals surface area contributed by atoms with Gasteiger partial charge in [0.25, 0.3) is 5.91 Å². The zero-order valence-corrected chi connectivity index (χ0v) is 11.3. The van der Waals surface area contributed by atoms with Crippen LogP contribution in [0.2, 0.25) is 0 Å². The van der Waals surface area contributed by atoms with Crippen LogP contribution >= 0.6 is 24.0 Å². The van der Waals surface area contributed by atoms with Gasteiger partial charge in [-0.05, 0) is 25.1 Å². The van der Waals surface area contributed by atoms with E-state index in [0.29, 0.717) is 12.1 Å². The highest BCUT2D eigenvalue weighted by Gasteiger charge is 2.08.